The molecule has 2 aromatic heterocycles. The van der Waals surface area contributed by atoms with E-state index in [4.69, 9.17) is 4.98 Å². The second-order valence-corrected chi connectivity index (χ2v) is 7.81. The molecule has 33 heavy (non-hydrogen) atoms. The molecule has 0 unspecified atom stereocenters. The van der Waals surface area contributed by atoms with Gasteiger partial charge in [0.25, 0.3) is 5.91 Å². The Morgan fingerprint density at radius 2 is 1.52 bits per heavy atom. The van der Waals surface area contributed by atoms with Crippen LogP contribution in [0.4, 0.5) is 14.5 Å². The number of nitrogens with one attached hydrogen (secondary N) is 1. The Balaban J connectivity index is 1.47. The van der Waals surface area contributed by atoms with E-state index in [9.17, 15) is 13.6 Å². The van der Waals surface area contributed by atoms with E-state index >= 15 is 0 Å². The number of aromatic nitrogens is 2. The monoisotopic (exact) mass is 439 g/mol. The van der Waals surface area contributed by atoms with Crippen molar-refractivity contribution < 1.29 is 13.6 Å². The summed E-state index contributed by atoms with van der Waals surface area (Å²) in [4.78, 5) is 17.4. The molecule has 0 bridgehead atoms. The first-order valence-electron chi connectivity index (χ1n) is 10.4. The first-order valence-corrected chi connectivity index (χ1v) is 10.4. The first-order chi connectivity index (χ1) is 16.0. The molecule has 6 heteroatoms. The molecule has 4 nitrogen and oxygen atoms in total. The Morgan fingerprint density at radius 3 is 2.24 bits per heavy atom. The molecule has 3 aromatic carbocycles. The number of rotatable bonds is 4. The fraction of sp³-hybridized carbons (Fsp3) is 0.0370. The molecule has 0 radical (unpaired) electrons. The van der Waals surface area contributed by atoms with E-state index in [-0.39, 0.29) is 5.56 Å². The van der Waals surface area contributed by atoms with Gasteiger partial charge in [0.2, 0.25) is 0 Å². The first kappa shape index (κ1) is 20.6. The van der Waals surface area contributed by atoms with Crippen LogP contribution < -0.4 is 5.32 Å². The van der Waals surface area contributed by atoms with E-state index in [0.29, 0.717) is 11.3 Å². The molecule has 0 fully saturated rings. The van der Waals surface area contributed by atoms with Gasteiger partial charge in [-0.25, -0.2) is 13.8 Å². The standard InChI is InChI=1S/C27H19F2N3O/c1-17-13-24(31-27(33)21-11-12-22(28)23(29)14-21)26-30-25(16-32(26)15-17)20-9-7-19(8-10-20)18-5-3-2-4-6-18/h2-16H,1H3,(H,31,33). The highest BCUT2D eigenvalue weighted by molar-refractivity contribution is 6.06. The number of aryl methyl sites for hydroxylation is 1. The number of hydrogen-bond donors (Lipinski definition) is 1. The molecule has 1 N–H and O–H groups in total. The third-order valence-electron chi connectivity index (χ3n) is 5.41. The topological polar surface area (TPSA) is 46.4 Å². The fourth-order valence-corrected chi connectivity index (χ4v) is 3.77. The third kappa shape index (κ3) is 4.11. The van der Waals surface area contributed by atoms with Crippen LogP contribution in [-0.4, -0.2) is 15.3 Å². The van der Waals surface area contributed by atoms with E-state index in [2.05, 4.69) is 17.4 Å². The molecule has 0 saturated carbocycles. The summed E-state index contributed by atoms with van der Waals surface area (Å²) in [7, 11) is 0. The summed E-state index contributed by atoms with van der Waals surface area (Å²) >= 11 is 0. The number of amides is 1. The molecule has 1 amide bonds. The van der Waals surface area contributed by atoms with E-state index in [1.165, 1.54) is 6.07 Å². The molecular weight excluding hydrogens is 420 g/mol. The fourth-order valence-electron chi connectivity index (χ4n) is 3.77. The van der Waals surface area contributed by atoms with Gasteiger partial charge in [-0.3, -0.25) is 4.79 Å². The van der Waals surface area contributed by atoms with Gasteiger partial charge in [-0.05, 0) is 47.9 Å². The van der Waals surface area contributed by atoms with Gasteiger partial charge in [-0.2, -0.15) is 0 Å². The molecule has 0 spiro atoms. The van der Waals surface area contributed by atoms with Crippen molar-refractivity contribution in [3.05, 3.63) is 114 Å². The number of pyridine rings is 1. The van der Waals surface area contributed by atoms with Gasteiger partial charge < -0.3 is 9.72 Å². The van der Waals surface area contributed by atoms with Crippen molar-refractivity contribution in [2.45, 2.75) is 6.92 Å². The predicted octanol–water partition coefficient (Wildman–Crippen LogP) is 6.51. The number of carbonyl (C=O) groups is 1. The lowest BCUT2D eigenvalue weighted by Crippen LogP contribution is -2.13. The van der Waals surface area contributed by atoms with Crippen molar-refractivity contribution in [1.82, 2.24) is 9.38 Å². The van der Waals surface area contributed by atoms with Crippen LogP contribution in [0, 0.1) is 18.6 Å². The molecule has 0 saturated heterocycles. The Kier molecular flexibility index (Phi) is 5.18. The summed E-state index contributed by atoms with van der Waals surface area (Å²) in [6.07, 6.45) is 3.81. The lowest BCUT2D eigenvalue weighted by atomic mass is 10.0. The van der Waals surface area contributed by atoms with E-state index in [1.54, 1.807) is 6.07 Å². The van der Waals surface area contributed by atoms with Crippen molar-refractivity contribution in [2.24, 2.45) is 0 Å². The molecule has 0 aliphatic rings. The van der Waals surface area contributed by atoms with E-state index in [0.717, 1.165) is 40.1 Å². The molecular formula is C27H19F2N3O. The smallest absolute Gasteiger partial charge is 0.255 e. The van der Waals surface area contributed by atoms with Gasteiger partial charge in [0.15, 0.2) is 17.3 Å². The number of halogens is 2. The third-order valence-corrected chi connectivity index (χ3v) is 5.41. The minimum Gasteiger partial charge on any atom is -0.319 e. The van der Waals surface area contributed by atoms with E-state index in [1.807, 2.05) is 66.2 Å². The molecule has 5 rings (SSSR count). The number of anilines is 1. The van der Waals surface area contributed by atoms with Crippen molar-refractivity contribution in [1.29, 1.82) is 0 Å². The quantitative estimate of drug-likeness (QED) is 0.347. The number of benzene rings is 3. The number of fused-ring (bicyclic) bond motifs is 1. The Hall–Kier alpha value is -4.32. The van der Waals surface area contributed by atoms with Gasteiger partial charge in [-0.1, -0.05) is 54.6 Å². The van der Waals surface area contributed by atoms with Crippen molar-refractivity contribution in [3.63, 3.8) is 0 Å². The maximum Gasteiger partial charge on any atom is 0.255 e. The molecule has 2 heterocycles. The van der Waals surface area contributed by atoms with Crippen LogP contribution in [0.2, 0.25) is 0 Å². The van der Waals surface area contributed by atoms with Gasteiger partial charge in [0.05, 0.1) is 11.4 Å². The maximum absolute atomic E-state index is 13.6. The largest absolute Gasteiger partial charge is 0.319 e. The number of hydrogen-bond acceptors (Lipinski definition) is 2. The van der Waals surface area contributed by atoms with Crippen molar-refractivity contribution >= 4 is 17.2 Å². The zero-order valence-electron chi connectivity index (χ0n) is 17.7. The predicted molar refractivity (Wildman–Crippen MR) is 125 cm³/mol. The molecule has 0 atom stereocenters. The Morgan fingerprint density at radius 1 is 0.818 bits per heavy atom. The molecule has 0 aliphatic heterocycles. The second kappa shape index (κ2) is 8.31. The van der Waals surface area contributed by atoms with E-state index < -0.39 is 17.5 Å². The average molecular weight is 439 g/mol. The van der Waals surface area contributed by atoms with Crippen LogP contribution in [-0.2, 0) is 0 Å². The minimum absolute atomic E-state index is 0.0248. The molecule has 162 valence electrons. The summed E-state index contributed by atoms with van der Waals surface area (Å²) < 4.78 is 28.6. The van der Waals surface area contributed by atoms with Gasteiger partial charge >= 0.3 is 0 Å². The normalized spacial score (nSPS) is 11.0. The van der Waals surface area contributed by atoms with Crippen molar-refractivity contribution in [3.8, 4) is 22.4 Å². The minimum atomic E-state index is -1.07. The lowest BCUT2D eigenvalue weighted by Gasteiger charge is -2.08. The number of carbonyl (C=O) groups excluding carboxylic acids is 1. The van der Waals surface area contributed by atoms with Gasteiger partial charge in [0, 0.05) is 23.5 Å². The summed E-state index contributed by atoms with van der Waals surface area (Å²) in [5, 5.41) is 2.77. The average Bonchev–Trinajstić information content (AvgIpc) is 3.26. The highest BCUT2D eigenvalue weighted by atomic mass is 19.2. The van der Waals surface area contributed by atoms with Crippen LogP contribution in [0.5, 0.6) is 0 Å². The number of imidazole rings is 1. The summed E-state index contributed by atoms with van der Waals surface area (Å²) in [5.74, 6) is -2.61. The maximum atomic E-state index is 13.6. The number of nitrogens with zero attached hydrogens (tertiary/aromatic N) is 2. The van der Waals surface area contributed by atoms with Crippen LogP contribution >= 0.6 is 0 Å². The summed E-state index contributed by atoms with van der Waals surface area (Å²) in [6, 6.07) is 23.1. The summed E-state index contributed by atoms with van der Waals surface area (Å²) in [5.41, 5.74) is 5.91. The van der Waals surface area contributed by atoms with Gasteiger partial charge in [0.1, 0.15) is 0 Å². The Labute approximate surface area is 189 Å². The zero-order chi connectivity index (χ0) is 22.9. The van der Waals surface area contributed by atoms with Crippen LogP contribution in [0.15, 0.2) is 91.3 Å². The van der Waals surface area contributed by atoms with Crippen LogP contribution in [0.1, 0.15) is 15.9 Å². The van der Waals surface area contributed by atoms with Crippen LogP contribution in [0.3, 0.4) is 0 Å². The zero-order valence-corrected chi connectivity index (χ0v) is 17.7. The van der Waals surface area contributed by atoms with Crippen molar-refractivity contribution in [2.75, 3.05) is 5.32 Å². The highest BCUT2D eigenvalue weighted by Gasteiger charge is 2.14. The van der Waals surface area contributed by atoms with Gasteiger partial charge in [-0.15, -0.1) is 0 Å². The highest BCUT2D eigenvalue weighted by Crippen LogP contribution is 2.27. The Bertz CT molecular complexity index is 1480. The lowest BCUT2D eigenvalue weighted by molar-refractivity contribution is 0.102. The summed E-state index contributed by atoms with van der Waals surface area (Å²) in [6.45, 7) is 1.90. The molecule has 5 aromatic rings. The SMILES string of the molecule is Cc1cc(NC(=O)c2ccc(F)c(F)c2)c2nc(-c3ccc(-c4ccccc4)cc3)cn2c1. The second-order valence-electron chi connectivity index (χ2n) is 7.81. The molecule has 0 aliphatic carbocycles. The van der Waals surface area contributed by atoms with Crippen LogP contribution in [0.25, 0.3) is 28.0 Å².